The molecule has 1 N–H and O–H groups in total. The number of rotatable bonds is 3. The summed E-state index contributed by atoms with van der Waals surface area (Å²) in [7, 11) is 0. The van der Waals surface area contributed by atoms with Gasteiger partial charge in [-0.05, 0) is 0 Å². The van der Waals surface area contributed by atoms with Gasteiger partial charge in [0.25, 0.3) is 0 Å². The van der Waals surface area contributed by atoms with E-state index in [2.05, 4.69) is 9.72 Å². The third-order valence-electron chi connectivity index (χ3n) is 2.77. The number of hydrogen-bond acceptors (Lipinski definition) is 4. The fourth-order valence-corrected chi connectivity index (χ4v) is 2.08. The van der Waals surface area contributed by atoms with Crippen molar-refractivity contribution in [3.8, 4) is 0 Å². The maximum atomic E-state index is 13.8. The lowest BCUT2D eigenvalue weighted by atomic mass is 9.99. The van der Waals surface area contributed by atoms with Crippen molar-refractivity contribution in [1.29, 1.82) is 0 Å². The molecule has 1 aliphatic rings. The zero-order chi connectivity index (χ0) is 17.9. The molecule has 0 saturated carbocycles. The Morgan fingerprint density at radius 1 is 1.13 bits per heavy atom. The highest BCUT2D eigenvalue weighted by Crippen LogP contribution is 2.64. The highest BCUT2D eigenvalue weighted by atomic mass is 32.1. The zero-order valence-corrected chi connectivity index (χ0v) is 11.0. The molecule has 0 aromatic carbocycles. The van der Waals surface area contributed by atoms with Gasteiger partial charge in [-0.25, -0.2) is 4.98 Å². The smallest absolute Gasteiger partial charge is 0.296 e. The summed E-state index contributed by atoms with van der Waals surface area (Å²) in [4.78, 5) is 14.4. The van der Waals surface area contributed by atoms with Crippen LogP contribution in [0.4, 0.5) is 44.6 Å². The molecule has 1 aromatic rings. The normalized spacial score (nSPS) is 28.6. The number of aromatic nitrogens is 1. The van der Waals surface area contributed by atoms with E-state index in [4.69, 9.17) is 0 Å². The van der Waals surface area contributed by atoms with E-state index in [-0.39, 0.29) is 0 Å². The minimum absolute atomic E-state index is 0.485. The third kappa shape index (κ3) is 2.10. The van der Waals surface area contributed by atoms with Crippen LogP contribution >= 0.6 is 11.3 Å². The summed E-state index contributed by atoms with van der Waals surface area (Å²) in [5.41, 5.74) is 0. The van der Waals surface area contributed by atoms with Gasteiger partial charge in [0.1, 0.15) is 0 Å². The number of ether oxygens (including phenoxy) is 1. The number of alkyl halides is 9. The molecule has 1 aromatic heterocycles. The SMILES string of the molecule is O=C(Nc1nccs1)C(F)(F)[C@@]1(F)OC(F)(F)C(F)(F)C1(F)F. The standard InChI is InChI=1S/C9H3F9N2O2S/c10-5(11,3(21)20-4-19-1-2-23-4)8(16)6(12,13)7(14,15)9(17,18)22-8/h1-2H,(H,19,20,21)/t8-/m1/s1. The second kappa shape index (κ2) is 4.72. The number of amides is 1. The van der Waals surface area contributed by atoms with Gasteiger partial charge < -0.3 is 0 Å². The number of nitrogens with one attached hydrogen (secondary N) is 1. The highest BCUT2D eigenvalue weighted by molar-refractivity contribution is 7.13. The number of carbonyl (C=O) groups is 1. The van der Waals surface area contributed by atoms with Crippen molar-refractivity contribution in [1.82, 2.24) is 4.98 Å². The fraction of sp³-hybridized carbons (Fsp3) is 0.556. The molecule has 4 nitrogen and oxygen atoms in total. The molecule has 0 bridgehead atoms. The van der Waals surface area contributed by atoms with Crippen LogP contribution in [0.2, 0.25) is 0 Å². The van der Waals surface area contributed by atoms with Crippen molar-refractivity contribution in [3.05, 3.63) is 11.6 Å². The molecule has 1 amide bonds. The summed E-state index contributed by atoms with van der Waals surface area (Å²) in [6.45, 7) is 0. The van der Waals surface area contributed by atoms with Crippen molar-refractivity contribution < 1.29 is 49.0 Å². The predicted molar refractivity (Wildman–Crippen MR) is 55.5 cm³/mol. The Balaban J connectivity index is 2.43. The number of thiazole rings is 1. The lowest BCUT2D eigenvalue weighted by molar-refractivity contribution is -0.366. The Kier molecular flexibility index (Phi) is 3.65. The molecular weight excluding hydrogens is 371 g/mol. The summed E-state index contributed by atoms with van der Waals surface area (Å²) in [6, 6.07) is 0. The van der Waals surface area contributed by atoms with E-state index < -0.39 is 40.8 Å². The molecule has 0 unspecified atom stereocenters. The molecule has 1 aliphatic heterocycles. The lowest BCUT2D eigenvalue weighted by Crippen LogP contribution is -2.63. The Morgan fingerprint density at radius 2 is 1.70 bits per heavy atom. The summed E-state index contributed by atoms with van der Waals surface area (Å²) >= 11 is 0.485. The van der Waals surface area contributed by atoms with Crippen molar-refractivity contribution in [3.63, 3.8) is 0 Å². The van der Waals surface area contributed by atoms with Crippen LogP contribution in [0.1, 0.15) is 0 Å². The number of carbonyl (C=O) groups excluding carboxylic acids is 1. The highest BCUT2D eigenvalue weighted by Gasteiger charge is 2.96. The molecule has 1 saturated heterocycles. The number of halogens is 9. The largest absolute Gasteiger partial charge is 0.428 e. The van der Waals surface area contributed by atoms with E-state index in [0.29, 0.717) is 11.3 Å². The summed E-state index contributed by atoms with van der Waals surface area (Å²) in [5, 5.41) is 1.62. The maximum Gasteiger partial charge on any atom is 0.428 e. The van der Waals surface area contributed by atoms with E-state index in [1.54, 1.807) is 0 Å². The Hall–Kier alpha value is -1.57. The van der Waals surface area contributed by atoms with Crippen LogP contribution in [0, 0.1) is 0 Å². The van der Waals surface area contributed by atoms with Gasteiger partial charge >= 0.3 is 35.6 Å². The van der Waals surface area contributed by atoms with Crippen LogP contribution in [-0.2, 0) is 9.53 Å². The van der Waals surface area contributed by atoms with Gasteiger partial charge in [-0.3, -0.25) is 14.8 Å². The molecule has 14 heteroatoms. The van der Waals surface area contributed by atoms with Crippen molar-refractivity contribution in [2.75, 3.05) is 5.32 Å². The van der Waals surface area contributed by atoms with Gasteiger partial charge in [0.15, 0.2) is 5.13 Å². The van der Waals surface area contributed by atoms with Crippen LogP contribution in [0.3, 0.4) is 0 Å². The van der Waals surface area contributed by atoms with Gasteiger partial charge in [0, 0.05) is 11.6 Å². The maximum absolute atomic E-state index is 13.8. The van der Waals surface area contributed by atoms with Gasteiger partial charge in [-0.15, -0.1) is 11.3 Å². The van der Waals surface area contributed by atoms with E-state index in [9.17, 15) is 44.3 Å². The van der Waals surface area contributed by atoms with Crippen molar-refractivity contribution >= 4 is 22.4 Å². The Bertz CT molecular complexity index is 621. The average Bonchev–Trinajstić information content (AvgIpc) is 2.92. The van der Waals surface area contributed by atoms with E-state index in [0.717, 1.165) is 16.9 Å². The second-order valence-corrected chi connectivity index (χ2v) is 5.12. The quantitative estimate of drug-likeness (QED) is 0.827. The van der Waals surface area contributed by atoms with Crippen LogP contribution < -0.4 is 5.32 Å². The molecule has 2 rings (SSSR count). The number of hydrogen-bond donors (Lipinski definition) is 1. The van der Waals surface area contributed by atoms with Gasteiger partial charge in [-0.1, -0.05) is 0 Å². The van der Waals surface area contributed by atoms with Crippen LogP contribution in [-0.4, -0.2) is 40.6 Å². The number of nitrogens with zero attached hydrogens (tertiary/aromatic N) is 1. The topological polar surface area (TPSA) is 51.2 Å². The molecule has 0 radical (unpaired) electrons. The first-order chi connectivity index (χ1) is 10.2. The predicted octanol–water partition coefficient (Wildman–Crippen LogP) is 3.28. The van der Waals surface area contributed by atoms with Crippen LogP contribution in [0.15, 0.2) is 11.6 Å². The van der Waals surface area contributed by atoms with Gasteiger partial charge in [0.05, 0.1) is 0 Å². The third-order valence-corrected chi connectivity index (χ3v) is 3.46. The molecule has 1 atom stereocenters. The lowest BCUT2D eigenvalue weighted by Gasteiger charge is -2.31. The van der Waals surface area contributed by atoms with Crippen molar-refractivity contribution in [2.24, 2.45) is 0 Å². The molecule has 0 aliphatic carbocycles. The van der Waals surface area contributed by atoms with E-state index in [1.807, 2.05) is 0 Å². The molecular formula is C9H3F9N2O2S. The molecule has 2 heterocycles. The first-order valence-electron chi connectivity index (χ1n) is 5.32. The number of anilines is 1. The first kappa shape index (κ1) is 17.8. The first-order valence-corrected chi connectivity index (χ1v) is 6.20. The molecule has 23 heavy (non-hydrogen) atoms. The van der Waals surface area contributed by atoms with Crippen LogP contribution in [0.5, 0.6) is 0 Å². The Morgan fingerprint density at radius 3 is 2.09 bits per heavy atom. The van der Waals surface area contributed by atoms with Crippen LogP contribution in [0.25, 0.3) is 0 Å². The average molecular weight is 374 g/mol. The zero-order valence-electron chi connectivity index (χ0n) is 10.2. The van der Waals surface area contributed by atoms with E-state index in [1.165, 1.54) is 0 Å². The van der Waals surface area contributed by atoms with Crippen molar-refractivity contribution in [2.45, 2.75) is 29.7 Å². The monoisotopic (exact) mass is 374 g/mol. The van der Waals surface area contributed by atoms with Gasteiger partial charge in [0.2, 0.25) is 0 Å². The second-order valence-electron chi connectivity index (χ2n) is 4.23. The van der Waals surface area contributed by atoms with Gasteiger partial charge in [-0.2, -0.15) is 39.5 Å². The summed E-state index contributed by atoms with van der Waals surface area (Å²) in [5.74, 6) is -28.6. The fourth-order valence-electron chi connectivity index (χ4n) is 1.56. The molecule has 1 fully saturated rings. The molecule has 130 valence electrons. The minimum Gasteiger partial charge on any atom is -0.296 e. The van der Waals surface area contributed by atoms with E-state index >= 15 is 0 Å². The Labute approximate surface area is 124 Å². The molecule has 0 spiro atoms. The minimum atomic E-state index is -6.70. The summed E-state index contributed by atoms with van der Waals surface area (Å²) in [6.07, 6.45) is -5.30. The summed E-state index contributed by atoms with van der Waals surface area (Å²) < 4.78 is 121.